The molecule has 0 spiro atoms. The van der Waals surface area contributed by atoms with Crippen molar-refractivity contribution < 1.29 is 5.21 Å². The number of hydroxylamine groups is 1. The molecule has 0 amide bonds. The van der Waals surface area contributed by atoms with E-state index in [4.69, 9.17) is 4.99 Å². The number of rotatable bonds is 3. The Labute approximate surface area is 181 Å². The van der Waals surface area contributed by atoms with E-state index in [1.807, 2.05) is 97.9 Å². The van der Waals surface area contributed by atoms with Crippen LogP contribution < -0.4 is 5.06 Å². The summed E-state index contributed by atoms with van der Waals surface area (Å²) in [7, 11) is 0. The number of amidine groups is 1. The van der Waals surface area contributed by atoms with Gasteiger partial charge in [-0.25, -0.2) is 10.1 Å². The van der Waals surface area contributed by atoms with Crippen LogP contribution in [-0.4, -0.2) is 11.0 Å². The second-order valence-corrected chi connectivity index (χ2v) is 7.61. The summed E-state index contributed by atoms with van der Waals surface area (Å²) in [6, 6.07) is 36.2. The van der Waals surface area contributed by atoms with E-state index >= 15 is 0 Å². The minimum absolute atomic E-state index is 0.479. The molecule has 150 valence electrons. The van der Waals surface area contributed by atoms with E-state index in [0.29, 0.717) is 11.5 Å². The van der Waals surface area contributed by atoms with Crippen LogP contribution in [-0.2, 0) is 0 Å². The van der Waals surface area contributed by atoms with Gasteiger partial charge < -0.3 is 0 Å². The molecule has 0 saturated heterocycles. The van der Waals surface area contributed by atoms with Crippen molar-refractivity contribution in [2.45, 2.75) is 6.92 Å². The van der Waals surface area contributed by atoms with Gasteiger partial charge in [0.05, 0.1) is 11.4 Å². The molecule has 0 radical (unpaired) electrons. The Hall–Kier alpha value is -3.95. The lowest BCUT2D eigenvalue weighted by Crippen LogP contribution is -2.28. The van der Waals surface area contributed by atoms with Crippen molar-refractivity contribution in [2.75, 3.05) is 5.06 Å². The minimum atomic E-state index is 0.479. The molecule has 0 unspecified atom stereocenters. The van der Waals surface area contributed by atoms with Gasteiger partial charge in [0.15, 0.2) is 5.84 Å². The molecule has 5 aromatic carbocycles. The zero-order chi connectivity index (χ0) is 21.2. The zero-order valence-corrected chi connectivity index (χ0v) is 17.2. The van der Waals surface area contributed by atoms with Crippen molar-refractivity contribution >= 4 is 38.8 Å². The number of anilines is 1. The summed E-state index contributed by atoms with van der Waals surface area (Å²) >= 11 is 0. The van der Waals surface area contributed by atoms with E-state index in [2.05, 4.69) is 18.2 Å². The smallest absolute Gasteiger partial charge is 0.165 e. The van der Waals surface area contributed by atoms with Gasteiger partial charge in [-0.15, -0.1) is 0 Å². The van der Waals surface area contributed by atoms with Crippen molar-refractivity contribution in [3.8, 4) is 0 Å². The van der Waals surface area contributed by atoms with E-state index in [-0.39, 0.29) is 0 Å². The SMILES string of the molecule is Cc1ccc(C(=Nc2cccc3ccccc23)N(O)c2cccc3ccccc23)cc1. The summed E-state index contributed by atoms with van der Waals surface area (Å²) in [5, 5.41) is 16.8. The van der Waals surface area contributed by atoms with Crippen LogP contribution in [0.2, 0.25) is 0 Å². The molecule has 0 aliphatic heterocycles. The standard InChI is InChI=1S/C28H22N2O/c1-20-16-18-23(19-17-20)28(29-26-14-6-10-21-8-2-4-12-24(21)26)30(31)27-15-7-11-22-9-3-5-13-25(22)27/h2-19,31H,1H3. The molecule has 5 rings (SSSR count). The van der Waals surface area contributed by atoms with Crippen LogP contribution in [0.4, 0.5) is 11.4 Å². The summed E-state index contributed by atoms with van der Waals surface area (Å²) in [5.74, 6) is 0.479. The first kappa shape index (κ1) is 19.0. The maximum absolute atomic E-state index is 11.4. The highest BCUT2D eigenvalue weighted by Gasteiger charge is 2.17. The average molecular weight is 402 g/mol. The maximum atomic E-state index is 11.4. The Morgan fingerprint density at radius 3 is 1.97 bits per heavy atom. The van der Waals surface area contributed by atoms with Gasteiger partial charge in [0, 0.05) is 16.3 Å². The van der Waals surface area contributed by atoms with Gasteiger partial charge in [0.1, 0.15) is 0 Å². The number of aliphatic imine (C=N–C) groups is 1. The second-order valence-electron chi connectivity index (χ2n) is 7.61. The molecule has 5 aromatic rings. The van der Waals surface area contributed by atoms with Crippen molar-refractivity contribution in [1.82, 2.24) is 0 Å². The fourth-order valence-electron chi connectivity index (χ4n) is 3.86. The molecule has 0 heterocycles. The maximum Gasteiger partial charge on any atom is 0.165 e. The monoisotopic (exact) mass is 402 g/mol. The van der Waals surface area contributed by atoms with Gasteiger partial charge >= 0.3 is 0 Å². The van der Waals surface area contributed by atoms with Crippen LogP contribution in [0.25, 0.3) is 21.5 Å². The molecule has 0 aliphatic carbocycles. The highest BCUT2D eigenvalue weighted by molar-refractivity contribution is 6.14. The first-order chi connectivity index (χ1) is 15.2. The predicted octanol–water partition coefficient (Wildman–Crippen LogP) is 7.28. The fourth-order valence-corrected chi connectivity index (χ4v) is 3.86. The molecule has 3 nitrogen and oxygen atoms in total. The molecule has 0 aliphatic rings. The number of hydrogen-bond acceptors (Lipinski definition) is 2. The third kappa shape index (κ3) is 3.67. The van der Waals surface area contributed by atoms with Crippen LogP contribution in [0.3, 0.4) is 0 Å². The van der Waals surface area contributed by atoms with Crippen LogP contribution in [0, 0.1) is 6.92 Å². The molecular weight excluding hydrogens is 380 g/mol. The third-order valence-corrected chi connectivity index (χ3v) is 5.50. The first-order valence-electron chi connectivity index (χ1n) is 10.3. The Bertz CT molecular complexity index is 1390. The highest BCUT2D eigenvalue weighted by atomic mass is 16.5. The van der Waals surface area contributed by atoms with Gasteiger partial charge in [0.2, 0.25) is 0 Å². The molecule has 0 aromatic heterocycles. The Kier molecular flexibility index (Phi) is 4.95. The lowest BCUT2D eigenvalue weighted by Gasteiger charge is -2.21. The summed E-state index contributed by atoms with van der Waals surface area (Å²) in [4.78, 5) is 4.96. The lowest BCUT2D eigenvalue weighted by atomic mass is 10.1. The number of fused-ring (bicyclic) bond motifs is 2. The van der Waals surface area contributed by atoms with E-state index in [9.17, 15) is 5.21 Å². The number of nitrogens with zero attached hydrogens (tertiary/aromatic N) is 2. The quantitative estimate of drug-likeness (QED) is 0.196. The van der Waals surface area contributed by atoms with Gasteiger partial charge in [-0.1, -0.05) is 103 Å². The van der Waals surface area contributed by atoms with Crippen molar-refractivity contribution in [1.29, 1.82) is 0 Å². The van der Waals surface area contributed by atoms with Gasteiger partial charge in [0.25, 0.3) is 0 Å². The molecule has 1 N–H and O–H groups in total. The summed E-state index contributed by atoms with van der Waals surface area (Å²) in [5.41, 5.74) is 3.50. The second kappa shape index (κ2) is 8.05. The number of benzene rings is 5. The van der Waals surface area contributed by atoms with Gasteiger partial charge in [-0.05, 0) is 29.8 Å². The number of aryl methyl sites for hydroxylation is 1. The van der Waals surface area contributed by atoms with Crippen LogP contribution in [0.1, 0.15) is 11.1 Å². The van der Waals surface area contributed by atoms with Gasteiger partial charge in [-0.2, -0.15) is 0 Å². The Morgan fingerprint density at radius 2 is 1.23 bits per heavy atom. The van der Waals surface area contributed by atoms with E-state index < -0.39 is 0 Å². The molecule has 0 bridgehead atoms. The third-order valence-electron chi connectivity index (χ3n) is 5.50. The van der Waals surface area contributed by atoms with E-state index in [0.717, 1.165) is 38.4 Å². The molecule has 3 heteroatoms. The van der Waals surface area contributed by atoms with Crippen LogP contribution in [0.5, 0.6) is 0 Å². The number of hydrogen-bond donors (Lipinski definition) is 1. The summed E-state index contributed by atoms with van der Waals surface area (Å²) in [6.07, 6.45) is 0. The van der Waals surface area contributed by atoms with Gasteiger partial charge in [-0.3, -0.25) is 5.21 Å². The summed E-state index contributed by atoms with van der Waals surface area (Å²) < 4.78 is 0. The zero-order valence-electron chi connectivity index (χ0n) is 17.2. The molecular formula is C28H22N2O. The minimum Gasteiger partial charge on any atom is -0.282 e. The van der Waals surface area contributed by atoms with E-state index in [1.165, 1.54) is 5.06 Å². The fraction of sp³-hybridized carbons (Fsp3) is 0.0357. The topological polar surface area (TPSA) is 35.8 Å². The first-order valence-corrected chi connectivity index (χ1v) is 10.3. The van der Waals surface area contributed by atoms with Crippen LogP contribution >= 0.6 is 0 Å². The lowest BCUT2D eigenvalue weighted by molar-refractivity contribution is 0.314. The van der Waals surface area contributed by atoms with E-state index in [1.54, 1.807) is 0 Å². The molecule has 0 fully saturated rings. The van der Waals surface area contributed by atoms with Crippen molar-refractivity contribution in [3.63, 3.8) is 0 Å². The normalized spacial score (nSPS) is 11.7. The molecule has 31 heavy (non-hydrogen) atoms. The van der Waals surface area contributed by atoms with Crippen molar-refractivity contribution in [2.24, 2.45) is 4.99 Å². The van der Waals surface area contributed by atoms with Crippen LogP contribution in [0.15, 0.2) is 114 Å². The highest BCUT2D eigenvalue weighted by Crippen LogP contribution is 2.30. The molecule has 0 atom stereocenters. The average Bonchev–Trinajstić information content (AvgIpc) is 2.82. The molecule has 0 saturated carbocycles. The predicted molar refractivity (Wildman–Crippen MR) is 130 cm³/mol. The largest absolute Gasteiger partial charge is 0.282 e. The Balaban J connectivity index is 1.73. The Morgan fingerprint density at radius 1 is 0.645 bits per heavy atom. The van der Waals surface area contributed by atoms with Crippen molar-refractivity contribution in [3.05, 3.63) is 120 Å². The summed E-state index contributed by atoms with van der Waals surface area (Å²) in [6.45, 7) is 2.05.